The van der Waals surface area contributed by atoms with Gasteiger partial charge in [-0.05, 0) is 68.9 Å². The van der Waals surface area contributed by atoms with Crippen molar-refractivity contribution in [1.29, 1.82) is 5.41 Å². The second kappa shape index (κ2) is 9.16. The molecule has 2 saturated carbocycles. The van der Waals surface area contributed by atoms with Gasteiger partial charge in [0.1, 0.15) is 0 Å². The molecule has 2 saturated heterocycles. The lowest BCUT2D eigenvalue weighted by Gasteiger charge is -2.54. The predicted octanol–water partition coefficient (Wildman–Crippen LogP) is 4.17. The van der Waals surface area contributed by atoms with Gasteiger partial charge in [0.25, 0.3) is 11.5 Å². The zero-order chi connectivity index (χ0) is 24.1. The lowest BCUT2D eigenvalue weighted by molar-refractivity contribution is -0.112. The maximum Gasteiger partial charge on any atom is 0.279 e. The lowest BCUT2D eigenvalue weighted by Crippen LogP contribution is -2.58. The summed E-state index contributed by atoms with van der Waals surface area (Å²) in [5.74, 6) is 0.879. The van der Waals surface area contributed by atoms with E-state index in [-0.39, 0.29) is 17.3 Å². The summed E-state index contributed by atoms with van der Waals surface area (Å²) in [6.45, 7) is 0. The number of hydrogen-bond acceptors (Lipinski definition) is 5. The van der Waals surface area contributed by atoms with Crippen LogP contribution in [0.5, 0.6) is 0 Å². The number of carbonyl (C=O) groups is 1. The smallest absolute Gasteiger partial charge is 0.279 e. The molecule has 7 heteroatoms. The van der Waals surface area contributed by atoms with Gasteiger partial charge in [0.2, 0.25) is 0 Å². The van der Waals surface area contributed by atoms with Gasteiger partial charge in [-0.2, -0.15) is 0 Å². The SMILES string of the molecule is N=C(C(N)=O)c1nc2ccccc2n(C2C[C@H]3CCC[C@@H](C2)N3C2CC3CCCCC(C3)C2)c1=O. The predicted molar refractivity (Wildman–Crippen MR) is 137 cm³/mol. The van der Waals surface area contributed by atoms with Crippen LogP contribution in [-0.4, -0.2) is 44.2 Å². The quantitative estimate of drug-likeness (QED) is 0.648. The average molecular weight is 476 g/mol. The van der Waals surface area contributed by atoms with E-state index in [2.05, 4.69) is 9.88 Å². The first-order valence-electron chi connectivity index (χ1n) is 13.7. The first-order valence-corrected chi connectivity index (χ1v) is 13.7. The fourth-order valence-electron chi connectivity index (χ4n) is 8.10. The molecule has 2 aromatic rings. The third-order valence-corrected chi connectivity index (χ3v) is 9.42. The Hall–Kier alpha value is -2.54. The second-order valence-corrected chi connectivity index (χ2v) is 11.6. The highest BCUT2D eigenvalue weighted by atomic mass is 16.1. The molecule has 3 N–H and O–H groups in total. The van der Waals surface area contributed by atoms with Crippen molar-refractivity contribution in [1.82, 2.24) is 14.5 Å². The summed E-state index contributed by atoms with van der Waals surface area (Å²) in [7, 11) is 0. The van der Waals surface area contributed by atoms with Crippen LogP contribution in [0.3, 0.4) is 0 Å². The van der Waals surface area contributed by atoms with Crippen LogP contribution in [-0.2, 0) is 4.79 Å². The van der Waals surface area contributed by atoms with E-state index in [1.807, 2.05) is 28.8 Å². The van der Waals surface area contributed by atoms with Crippen LogP contribution in [0.25, 0.3) is 11.0 Å². The van der Waals surface area contributed by atoms with Crippen molar-refractivity contribution >= 4 is 22.7 Å². The van der Waals surface area contributed by atoms with E-state index in [0.29, 0.717) is 23.6 Å². The average Bonchev–Trinajstić information content (AvgIpc) is 3.01. The summed E-state index contributed by atoms with van der Waals surface area (Å²) in [6.07, 6.45) is 15.3. The monoisotopic (exact) mass is 475 g/mol. The number of nitrogens with zero attached hydrogens (tertiary/aromatic N) is 3. The molecule has 3 unspecified atom stereocenters. The number of nitrogens with one attached hydrogen (secondary N) is 1. The van der Waals surface area contributed by atoms with Crippen molar-refractivity contribution in [3.63, 3.8) is 0 Å². The van der Waals surface area contributed by atoms with Crippen molar-refractivity contribution in [2.75, 3.05) is 0 Å². The van der Waals surface area contributed by atoms with Gasteiger partial charge in [0.05, 0.1) is 11.0 Å². The van der Waals surface area contributed by atoms with Gasteiger partial charge in [-0.25, -0.2) is 4.98 Å². The van der Waals surface area contributed by atoms with Crippen molar-refractivity contribution in [2.45, 2.75) is 101 Å². The van der Waals surface area contributed by atoms with E-state index in [0.717, 1.165) is 30.2 Å². The third-order valence-electron chi connectivity index (χ3n) is 9.42. The van der Waals surface area contributed by atoms with E-state index in [9.17, 15) is 9.59 Å². The molecule has 5 atom stereocenters. The number of primary amides is 1. The second-order valence-electron chi connectivity index (χ2n) is 11.6. The molecule has 0 spiro atoms. The van der Waals surface area contributed by atoms with E-state index in [1.54, 1.807) is 0 Å². The highest BCUT2D eigenvalue weighted by Gasteiger charge is 2.45. The number of aromatic nitrogens is 2. The minimum Gasteiger partial charge on any atom is -0.364 e. The molecule has 1 aromatic heterocycles. The number of para-hydroxylation sites is 2. The summed E-state index contributed by atoms with van der Waals surface area (Å²) in [5, 5.41) is 8.12. The van der Waals surface area contributed by atoms with Crippen LogP contribution in [0, 0.1) is 17.2 Å². The molecule has 6 rings (SSSR count). The molecule has 4 bridgehead atoms. The molecule has 186 valence electrons. The molecule has 4 aliphatic rings. The Bertz CT molecular complexity index is 1180. The van der Waals surface area contributed by atoms with Gasteiger partial charge in [-0.1, -0.05) is 44.2 Å². The maximum absolute atomic E-state index is 13.6. The number of benzene rings is 1. The van der Waals surface area contributed by atoms with Crippen LogP contribution in [0.1, 0.15) is 88.8 Å². The molecule has 1 aromatic carbocycles. The van der Waals surface area contributed by atoms with Gasteiger partial charge in [0.15, 0.2) is 11.4 Å². The molecule has 35 heavy (non-hydrogen) atoms. The lowest BCUT2D eigenvalue weighted by atomic mass is 9.73. The topological polar surface area (TPSA) is 105 Å². The number of hydrogen-bond donors (Lipinski definition) is 2. The largest absolute Gasteiger partial charge is 0.364 e. The fraction of sp³-hybridized carbons (Fsp3) is 0.643. The zero-order valence-corrected chi connectivity index (χ0v) is 20.5. The summed E-state index contributed by atoms with van der Waals surface area (Å²) in [5.41, 5.74) is 5.82. The summed E-state index contributed by atoms with van der Waals surface area (Å²) in [6, 6.07) is 9.33. The van der Waals surface area contributed by atoms with E-state index in [4.69, 9.17) is 11.1 Å². The first kappa shape index (κ1) is 22.9. The van der Waals surface area contributed by atoms with E-state index < -0.39 is 11.6 Å². The highest BCUT2D eigenvalue weighted by Crippen LogP contribution is 2.46. The minimum atomic E-state index is -0.915. The van der Waals surface area contributed by atoms with E-state index >= 15 is 0 Å². The van der Waals surface area contributed by atoms with Crippen molar-refractivity contribution in [3.8, 4) is 0 Å². The summed E-state index contributed by atoms with van der Waals surface area (Å²) < 4.78 is 1.85. The van der Waals surface area contributed by atoms with Crippen LogP contribution >= 0.6 is 0 Å². The number of nitrogens with two attached hydrogens (primary N) is 1. The molecular formula is C28H37N5O2. The standard InChI is InChI=1S/C28H37N5O2/c29-25(27(30)34)26-28(35)33(24-11-4-3-10-23(24)31-26)22-15-19-8-5-9-20(16-22)32(19)21-13-17-6-1-2-7-18(12-17)14-21/h3-4,10-11,17-22,29H,1-2,5-9,12-16H2,(H2,30,34)/t17?,18?,19-,20+,21?,22?. The summed E-state index contributed by atoms with van der Waals surface area (Å²) in [4.78, 5) is 32.7. The van der Waals surface area contributed by atoms with Gasteiger partial charge >= 0.3 is 0 Å². The third kappa shape index (κ3) is 4.11. The zero-order valence-electron chi connectivity index (χ0n) is 20.5. The Kier molecular flexibility index (Phi) is 5.99. The Morgan fingerprint density at radius 1 is 0.857 bits per heavy atom. The molecule has 7 nitrogen and oxygen atoms in total. The number of piperidine rings is 2. The number of amides is 1. The van der Waals surface area contributed by atoms with Crippen LogP contribution < -0.4 is 11.3 Å². The minimum absolute atomic E-state index is 0.0484. The molecular weight excluding hydrogens is 438 g/mol. The molecule has 2 aliphatic carbocycles. The van der Waals surface area contributed by atoms with Crippen molar-refractivity contribution in [3.05, 3.63) is 40.3 Å². The number of fused-ring (bicyclic) bond motifs is 5. The maximum atomic E-state index is 13.6. The normalized spacial score (nSPS) is 33.3. The van der Waals surface area contributed by atoms with Gasteiger partial charge in [-0.3, -0.25) is 19.9 Å². The van der Waals surface area contributed by atoms with Crippen molar-refractivity contribution in [2.24, 2.45) is 17.6 Å². The van der Waals surface area contributed by atoms with Gasteiger partial charge in [-0.15, -0.1) is 0 Å². The van der Waals surface area contributed by atoms with Crippen LogP contribution in [0.2, 0.25) is 0 Å². The molecule has 2 aliphatic heterocycles. The fourth-order valence-corrected chi connectivity index (χ4v) is 8.10. The number of rotatable bonds is 4. The Morgan fingerprint density at radius 2 is 1.51 bits per heavy atom. The van der Waals surface area contributed by atoms with Crippen LogP contribution in [0.15, 0.2) is 29.1 Å². The van der Waals surface area contributed by atoms with Crippen molar-refractivity contribution < 1.29 is 4.79 Å². The van der Waals surface area contributed by atoms with E-state index in [1.165, 1.54) is 64.2 Å². The van der Waals surface area contributed by atoms with Crippen LogP contribution in [0.4, 0.5) is 0 Å². The van der Waals surface area contributed by atoms with Gasteiger partial charge < -0.3 is 10.3 Å². The Morgan fingerprint density at radius 3 is 2.17 bits per heavy atom. The summed E-state index contributed by atoms with van der Waals surface area (Å²) >= 11 is 0. The number of carbonyl (C=O) groups excluding carboxylic acids is 1. The molecule has 0 radical (unpaired) electrons. The molecule has 3 heterocycles. The molecule has 1 amide bonds. The highest BCUT2D eigenvalue weighted by molar-refractivity contribution is 6.43. The Balaban J connectivity index is 1.35. The Labute approximate surface area is 206 Å². The molecule has 4 fully saturated rings. The van der Waals surface area contributed by atoms with Gasteiger partial charge in [0, 0.05) is 24.2 Å². The first-order chi connectivity index (χ1) is 17.0.